The largest absolute Gasteiger partial charge is 0.444 e. The van der Waals surface area contributed by atoms with Gasteiger partial charge in [0.25, 0.3) is 0 Å². The monoisotopic (exact) mass is 290 g/mol. The Morgan fingerprint density at radius 3 is 2.60 bits per heavy atom. The van der Waals surface area contributed by atoms with Gasteiger partial charge in [-0.25, -0.2) is 4.79 Å². The van der Waals surface area contributed by atoms with Gasteiger partial charge in [-0.1, -0.05) is 12.1 Å². The zero-order chi connectivity index (χ0) is 14.8. The average molecular weight is 290 g/mol. The highest BCUT2D eigenvalue weighted by molar-refractivity contribution is 7.99. The fourth-order valence-electron chi connectivity index (χ4n) is 1.98. The minimum absolute atomic E-state index is 0.0300. The number of benzene rings is 1. The lowest BCUT2D eigenvalue weighted by molar-refractivity contribution is 0.0254. The van der Waals surface area contributed by atoms with E-state index in [0.717, 1.165) is 11.3 Å². The van der Waals surface area contributed by atoms with Crippen LogP contribution in [0.15, 0.2) is 24.3 Å². The first kappa shape index (κ1) is 14.7. The van der Waals surface area contributed by atoms with Crippen molar-refractivity contribution in [3.8, 4) is 6.07 Å². The van der Waals surface area contributed by atoms with E-state index in [-0.39, 0.29) is 11.5 Å². The van der Waals surface area contributed by atoms with Crippen molar-refractivity contribution in [1.29, 1.82) is 5.26 Å². The summed E-state index contributed by atoms with van der Waals surface area (Å²) < 4.78 is 5.44. The van der Waals surface area contributed by atoms with Gasteiger partial charge in [0.1, 0.15) is 11.0 Å². The molecule has 106 valence electrons. The van der Waals surface area contributed by atoms with Crippen molar-refractivity contribution in [2.45, 2.75) is 31.7 Å². The van der Waals surface area contributed by atoms with Crippen molar-refractivity contribution >= 4 is 17.9 Å². The van der Waals surface area contributed by atoms with Gasteiger partial charge < -0.3 is 4.74 Å². The number of thioether (sulfide) groups is 1. The molecule has 0 bridgehead atoms. The molecule has 1 aliphatic rings. The lowest BCUT2D eigenvalue weighted by Crippen LogP contribution is -2.36. The van der Waals surface area contributed by atoms with Crippen LogP contribution in [0.3, 0.4) is 0 Å². The van der Waals surface area contributed by atoms with E-state index in [4.69, 9.17) is 10.00 Å². The maximum Gasteiger partial charge on any atom is 0.411 e. The number of amides is 1. The molecule has 1 aliphatic heterocycles. The third-order valence-electron chi connectivity index (χ3n) is 2.84. The van der Waals surface area contributed by atoms with Crippen LogP contribution in [0.25, 0.3) is 0 Å². The number of carbonyl (C=O) groups excluding carboxylic acids is 1. The highest BCUT2D eigenvalue weighted by Gasteiger charge is 2.33. The number of ether oxygens (including phenoxy) is 1. The minimum atomic E-state index is -0.487. The smallest absolute Gasteiger partial charge is 0.411 e. The van der Waals surface area contributed by atoms with Crippen LogP contribution < -0.4 is 0 Å². The van der Waals surface area contributed by atoms with Gasteiger partial charge in [0, 0.05) is 12.3 Å². The Labute approximate surface area is 123 Å². The van der Waals surface area contributed by atoms with E-state index >= 15 is 0 Å². The molecule has 20 heavy (non-hydrogen) atoms. The van der Waals surface area contributed by atoms with E-state index in [0.29, 0.717) is 12.1 Å². The Balaban J connectivity index is 2.14. The van der Waals surface area contributed by atoms with Gasteiger partial charge in [-0.05, 0) is 38.5 Å². The summed E-state index contributed by atoms with van der Waals surface area (Å²) in [6, 6.07) is 9.46. The van der Waals surface area contributed by atoms with E-state index in [1.807, 2.05) is 32.9 Å². The molecular formula is C15H18N2O2S. The molecule has 1 fully saturated rings. The third-order valence-corrected chi connectivity index (χ3v) is 4.10. The SMILES string of the molecule is CC(C)(C)OC(=O)N1CCSC1c1ccc(C#N)cc1. The second-order valence-corrected chi connectivity index (χ2v) is 6.82. The van der Waals surface area contributed by atoms with Gasteiger partial charge in [-0.2, -0.15) is 5.26 Å². The minimum Gasteiger partial charge on any atom is -0.444 e. The van der Waals surface area contributed by atoms with Crippen LogP contribution >= 0.6 is 11.8 Å². The normalized spacial score (nSPS) is 18.7. The van der Waals surface area contributed by atoms with Crippen molar-refractivity contribution in [3.63, 3.8) is 0 Å². The van der Waals surface area contributed by atoms with Crippen LogP contribution in [0, 0.1) is 11.3 Å². The summed E-state index contributed by atoms with van der Waals surface area (Å²) in [6.45, 7) is 6.28. The highest BCUT2D eigenvalue weighted by atomic mass is 32.2. The summed E-state index contributed by atoms with van der Waals surface area (Å²) in [5.41, 5.74) is 1.16. The maximum atomic E-state index is 12.2. The van der Waals surface area contributed by atoms with E-state index in [9.17, 15) is 4.79 Å². The van der Waals surface area contributed by atoms with Gasteiger partial charge >= 0.3 is 6.09 Å². The molecule has 0 aliphatic carbocycles. The fraction of sp³-hybridized carbons (Fsp3) is 0.467. The van der Waals surface area contributed by atoms with Crippen LogP contribution in [0.1, 0.15) is 37.3 Å². The first-order valence-corrected chi connectivity index (χ1v) is 7.57. The van der Waals surface area contributed by atoms with Crippen LogP contribution in [0.5, 0.6) is 0 Å². The average Bonchev–Trinajstić information content (AvgIpc) is 2.86. The molecule has 4 nitrogen and oxygen atoms in total. The number of hydrogen-bond acceptors (Lipinski definition) is 4. The van der Waals surface area contributed by atoms with E-state index in [2.05, 4.69) is 6.07 Å². The molecule has 1 aromatic carbocycles. The van der Waals surface area contributed by atoms with Gasteiger partial charge in [0.05, 0.1) is 11.6 Å². The zero-order valence-corrected chi connectivity index (χ0v) is 12.7. The Morgan fingerprint density at radius 1 is 1.40 bits per heavy atom. The molecule has 0 saturated carbocycles. The summed E-state index contributed by atoms with van der Waals surface area (Å²) in [5.74, 6) is 0.893. The summed E-state index contributed by atoms with van der Waals surface area (Å²) >= 11 is 1.71. The predicted molar refractivity (Wildman–Crippen MR) is 79.3 cm³/mol. The third kappa shape index (κ3) is 3.45. The van der Waals surface area contributed by atoms with E-state index in [1.165, 1.54) is 0 Å². The van der Waals surface area contributed by atoms with Crippen molar-refractivity contribution in [3.05, 3.63) is 35.4 Å². The maximum absolute atomic E-state index is 12.2. The van der Waals surface area contributed by atoms with Crippen LogP contribution in [0.4, 0.5) is 4.79 Å². The van der Waals surface area contributed by atoms with Crippen LogP contribution in [-0.4, -0.2) is 28.9 Å². The number of nitrogens with zero attached hydrogens (tertiary/aromatic N) is 2. The Bertz CT molecular complexity index is 528. The molecule has 5 heteroatoms. The molecule has 1 heterocycles. The molecule has 0 N–H and O–H groups in total. The first-order valence-electron chi connectivity index (χ1n) is 6.52. The van der Waals surface area contributed by atoms with Crippen molar-refractivity contribution in [2.75, 3.05) is 12.3 Å². The van der Waals surface area contributed by atoms with Crippen molar-refractivity contribution in [1.82, 2.24) is 4.90 Å². The standard InChI is InChI=1S/C15H18N2O2S/c1-15(2,3)19-14(18)17-8-9-20-13(17)12-6-4-11(10-16)5-7-12/h4-7,13H,8-9H2,1-3H3. The van der Waals surface area contributed by atoms with E-state index in [1.54, 1.807) is 28.8 Å². The second kappa shape index (κ2) is 5.76. The molecule has 1 amide bonds. The fourth-order valence-corrected chi connectivity index (χ4v) is 3.22. The molecule has 1 aromatic rings. The topological polar surface area (TPSA) is 53.3 Å². The van der Waals surface area contributed by atoms with Crippen molar-refractivity contribution in [2.24, 2.45) is 0 Å². The summed E-state index contributed by atoms with van der Waals surface area (Å²) in [4.78, 5) is 14.0. The quantitative estimate of drug-likeness (QED) is 0.794. The zero-order valence-electron chi connectivity index (χ0n) is 11.9. The van der Waals surface area contributed by atoms with Gasteiger partial charge in [0.15, 0.2) is 0 Å². The number of nitriles is 1. The summed E-state index contributed by atoms with van der Waals surface area (Å²) in [7, 11) is 0. The lowest BCUT2D eigenvalue weighted by Gasteiger charge is -2.28. The second-order valence-electron chi connectivity index (χ2n) is 5.63. The predicted octanol–water partition coefficient (Wildman–Crippen LogP) is 3.54. The summed E-state index contributed by atoms with van der Waals surface area (Å²) in [5, 5.41) is 8.79. The highest BCUT2D eigenvalue weighted by Crippen LogP contribution is 2.38. The Hall–Kier alpha value is -1.67. The van der Waals surface area contributed by atoms with Crippen molar-refractivity contribution < 1.29 is 9.53 Å². The Kier molecular flexibility index (Phi) is 4.24. The molecule has 1 atom stereocenters. The Morgan fingerprint density at radius 2 is 2.05 bits per heavy atom. The van der Waals surface area contributed by atoms with Gasteiger partial charge in [-0.15, -0.1) is 11.8 Å². The number of carbonyl (C=O) groups is 1. The first-order chi connectivity index (χ1) is 9.40. The number of hydrogen-bond donors (Lipinski definition) is 0. The molecule has 0 radical (unpaired) electrons. The van der Waals surface area contributed by atoms with Crippen LogP contribution in [0.2, 0.25) is 0 Å². The van der Waals surface area contributed by atoms with Gasteiger partial charge in [0.2, 0.25) is 0 Å². The molecular weight excluding hydrogens is 272 g/mol. The lowest BCUT2D eigenvalue weighted by atomic mass is 10.1. The molecule has 0 spiro atoms. The molecule has 1 unspecified atom stereocenters. The molecule has 2 rings (SSSR count). The number of rotatable bonds is 1. The molecule has 1 saturated heterocycles. The summed E-state index contributed by atoms with van der Waals surface area (Å²) in [6.07, 6.45) is -0.281. The molecule has 0 aromatic heterocycles. The van der Waals surface area contributed by atoms with Crippen LogP contribution in [-0.2, 0) is 4.74 Å². The van der Waals surface area contributed by atoms with E-state index < -0.39 is 5.60 Å². The van der Waals surface area contributed by atoms with Gasteiger partial charge in [-0.3, -0.25) is 4.90 Å².